The predicted molar refractivity (Wildman–Crippen MR) is 92.8 cm³/mol. The first kappa shape index (κ1) is 20.0. The SMILES string of the molecule is CCCCOC1CC(N(C)C(=O)c2coc(CN)c2)C1(C)C.Cl. The van der Waals surface area contributed by atoms with E-state index in [1.807, 2.05) is 11.9 Å². The molecule has 1 aromatic heterocycles. The number of nitrogens with zero attached hydrogens (tertiary/aromatic N) is 1. The fourth-order valence-electron chi connectivity index (χ4n) is 3.12. The largest absolute Gasteiger partial charge is 0.467 e. The number of rotatable bonds is 7. The summed E-state index contributed by atoms with van der Waals surface area (Å²) in [5, 5.41) is 0. The molecule has 0 spiro atoms. The molecule has 2 rings (SSSR count). The summed E-state index contributed by atoms with van der Waals surface area (Å²) in [7, 11) is 1.85. The van der Waals surface area contributed by atoms with Gasteiger partial charge in [0.25, 0.3) is 5.91 Å². The molecule has 5 nitrogen and oxygen atoms in total. The molecule has 0 aliphatic heterocycles. The molecule has 0 radical (unpaired) electrons. The van der Waals surface area contributed by atoms with E-state index in [0.717, 1.165) is 25.9 Å². The van der Waals surface area contributed by atoms with E-state index >= 15 is 0 Å². The highest BCUT2D eigenvalue weighted by Crippen LogP contribution is 2.45. The second-order valence-corrected chi connectivity index (χ2v) is 6.71. The van der Waals surface area contributed by atoms with Gasteiger partial charge < -0.3 is 19.8 Å². The molecule has 1 fully saturated rings. The Morgan fingerprint density at radius 1 is 1.52 bits per heavy atom. The highest BCUT2D eigenvalue weighted by atomic mass is 35.5. The average Bonchev–Trinajstić information content (AvgIpc) is 2.97. The molecule has 0 aromatic carbocycles. The van der Waals surface area contributed by atoms with Gasteiger partial charge in [-0.05, 0) is 18.9 Å². The van der Waals surface area contributed by atoms with E-state index in [1.54, 1.807) is 6.07 Å². The fraction of sp³-hybridized carbons (Fsp3) is 0.706. The molecule has 1 heterocycles. The van der Waals surface area contributed by atoms with E-state index in [-0.39, 0.29) is 35.9 Å². The Morgan fingerprint density at radius 2 is 2.22 bits per heavy atom. The summed E-state index contributed by atoms with van der Waals surface area (Å²) in [6.07, 6.45) is 4.83. The van der Waals surface area contributed by atoms with Gasteiger partial charge in [0.2, 0.25) is 0 Å². The third-order valence-electron chi connectivity index (χ3n) is 4.83. The highest BCUT2D eigenvalue weighted by molar-refractivity contribution is 5.94. The lowest BCUT2D eigenvalue weighted by molar-refractivity contribution is -0.140. The van der Waals surface area contributed by atoms with Crippen molar-refractivity contribution < 1.29 is 13.9 Å². The van der Waals surface area contributed by atoms with Crippen LogP contribution < -0.4 is 5.73 Å². The van der Waals surface area contributed by atoms with Crippen LogP contribution in [0.2, 0.25) is 0 Å². The number of hydrogen-bond donors (Lipinski definition) is 1. The van der Waals surface area contributed by atoms with E-state index in [4.69, 9.17) is 14.9 Å². The van der Waals surface area contributed by atoms with Gasteiger partial charge in [-0.2, -0.15) is 0 Å². The topological polar surface area (TPSA) is 68.7 Å². The number of nitrogens with two attached hydrogens (primary N) is 1. The Bertz CT molecular complexity index is 516. The maximum absolute atomic E-state index is 12.5. The minimum Gasteiger partial charge on any atom is -0.467 e. The molecular formula is C17H29ClN2O3. The quantitative estimate of drug-likeness (QED) is 0.771. The molecule has 2 atom stereocenters. The summed E-state index contributed by atoms with van der Waals surface area (Å²) in [5.41, 5.74) is 6.06. The van der Waals surface area contributed by atoms with Crippen molar-refractivity contribution in [2.75, 3.05) is 13.7 Å². The number of furan rings is 1. The molecule has 1 amide bonds. The van der Waals surface area contributed by atoms with Crippen LogP contribution in [0, 0.1) is 5.41 Å². The summed E-state index contributed by atoms with van der Waals surface area (Å²) in [6, 6.07) is 1.91. The van der Waals surface area contributed by atoms with Gasteiger partial charge in [0, 0.05) is 25.1 Å². The highest BCUT2D eigenvalue weighted by Gasteiger charge is 2.52. The molecule has 2 unspecified atom stereocenters. The second kappa shape index (κ2) is 8.18. The molecular weight excluding hydrogens is 316 g/mol. The zero-order valence-corrected chi connectivity index (χ0v) is 15.3. The van der Waals surface area contributed by atoms with Crippen molar-refractivity contribution in [3.8, 4) is 0 Å². The van der Waals surface area contributed by atoms with Crippen molar-refractivity contribution in [2.24, 2.45) is 11.1 Å². The van der Waals surface area contributed by atoms with Crippen LogP contribution >= 0.6 is 12.4 Å². The van der Waals surface area contributed by atoms with Gasteiger partial charge in [-0.15, -0.1) is 12.4 Å². The van der Waals surface area contributed by atoms with Crippen LogP contribution in [-0.4, -0.2) is 36.6 Å². The number of carbonyl (C=O) groups excluding carboxylic acids is 1. The van der Waals surface area contributed by atoms with Crippen molar-refractivity contribution in [3.63, 3.8) is 0 Å². The van der Waals surface area contributed by atoms with Crippen LogP contribution in [-0.2, 0) is 11.3 Å². The second-order valence-electron chi connectivity index (χ2n) is 6.71. The summed E-state index contributed by atoms with van der Waals surface area (Å²) in [5.74, 6) is 0.610. The van der Waals surface area contributed by atoms with Crippen LogP contribution in [0.3, 0.4) is 0 Å². The molecule has 1 aliphatic rings. The Kier molecular flexibility index (Phi) is 7.11. The molecule has 2 N–H and O–H groups in total. The monoisotopic (exact) mass is 344 g/mol. The summed E-state index contributed by atoms with van der Waals surface area (Å²) in [6.45, 7) is 7.60. The van der Waals surface area contributed by atoms with E-state index in [1.165, 1.54) is 6.26 Å². The van der Waals surface area contributed by atoms with E-state index in [2.05, 4.69) is 20.8 Å². The van der Waals surface area contributed by atoms with Crippen molar-refractivity contribution in [1.82, 2.24) is 4.90 Å². The molecule has 1 aliphatic carbocycles. The van der Waals surface area contributed by atoms with Crippen LogP contribution in [0.1, 0.15) is 56.2 Å². The summed E-state index contributed by atoms with van der Waals surface area (Å²) >= 11 is 0. The van der Waals surface area contributed by atoms with Gasteiger partial charge in [-0.1, -0.05) is 27.2 Å². The van der Waals surface area contributed by atoms with E-state index < -0.39 is 0 Å². The minimum absolute atomic E-state index is 0. The fourth-order valence-corrected chi connectivity index (χ4v) is 3.12. The maximum Gasteiger partial charge on any atom is 0.257 e. The van der Waals surface area contributed by atoms with Crippen molar-refractivity contribution in [3.05, 3.63) is 23.7 Å². The van der Waals surface area contributed by atoms with Crippen molar-refractivity contribution >= 4 is 18.3 Å². The third-order valence-corrected chi connectivity index (χ3v) is 4.83. The average molecular weight is 345 g/mol. The first-order chi connectivity index (χ1) is 10.4. The van der Waals surface area contributed by atoms with Crippen molar-refractivity contribution in [1.29, 1.82) is 0 Å². The van der Waals surface area contributed by atoms with E-state index in [9.17, 15) is 4.79 Å². The van der Waals surface area contributed by atoms with E-state index in [0.29, 0.717) is 17.9 Å². The van der Waals surface area contributed by atoms with Gasteiger partial charge in [-0.25, -0.2) is 0 Å². The summed E-state index contributed by atoms with van der Waals surface area (Å²) < 4.78 is 11.2. The van der Waals surface area contributed by atoms with Gasteiger partial charge in [-0.3, -0.25) is 4.79 Å². The molecule has 0 saturated heterocycles. The van der Waals surface area contributed by atoms with Crippen LogP contribution in [0.5, 0.6) is 0 Å². The predicted octanol–water partition coefficient (Wildman–Crippen LogP) is 3.22. The lowest BCUT2D eigenvalue weighted by Gasteiger charge is -2.54. The minimum atomic E-state index is -0.0292. The Labute approximate surface area is 144 Å². The normalized spacial score (nSPS) is 22.1. The van der Waals surface area contributed by atoms with Crippen LogP contribution in [0.4, 0.5) is 0 Å². The Hall–Kier alpha value is -1.04. The molecule has 6 heteroatoms. The molecule has 1 aromatic rings. The molecule has 1 saturated carbocycles. The molecule has 23 heavy (non-hydrogen) atoms. The number of amides is 1. The number of hydrogen-bond acceptors (Lipinski definition) is 4. The maximum atomic E-state index is 12.5. The zero-order valence-electron chi connectivity index (χ0n) is 14.5. The Morgan fingerprint density at radius 3 is 2.74 bits per heavy atom. The first-order valence-corrected chi connectivity index (χ1v) is 8.08. The number of unbranched alkanes of at least 4 members (excludes halogenated alkanes) is 1. The zero-order chi connectivity index (χ0) is 16.3. The molecule has 0 bridgehead atoms. The van der Waals surface area contributed by atoms with Gasteiger partial charge in [0.15, 0.2) is 0 Å². The number of halogens is 1. The lowest BCUT2D eigenvalue weighted by Crippen LogP contribution is -2.62. The van der Waals surface area contributed by atoms with Crippen LogP contribution in [0.15, 0.2) is 16.7 Å². The standard InChI is InChI=1S/C17H28N2O3.ClH/c1-5-6-7-21-15-9-14(17(15,2)3)19(4)16(20)12-8-13(10-18)22-11-12;/h8,11,14-15H,5-7,9-10,18H2,1-4H3;1H. The van der Waals surface area contributed by atoms with Crippen LogP contribution in [0.25, 0.3) is 0 Å². The first-order valence-electron chi connectivity index (χ1n) is 8.08. The van der Waals surface area contributed by atoms with Gasteiger partial charge in [0.1, 0.15) is 12.0 Å². The lowest BCUT2D eigenvalue weighted by atomic mass is 9.63. The van der Waals surface area contributed by atoms with Gasteiger partial charge >= 0.3 is 0 Å². The number of ether oxygens (including phenoxy) is 1. The number of carbonyl (C=O) groups is 1. The smallest absolute Gasteiger partial charge is 0.257 e. The third kappa shape index (κ3) is 4.08. The van der Waals surface area contributed by atoms with Gasteiger partial charge in [0.05, 0.1) is 18.2 Å². The molecule has 132 valence electrons. The summed E-state index contributed by atoms with van der Waals surface area (Å²) in [4.78, 5) is 14.4. The Balaban J connectivity index is 0.00000264. The van der Waals surface area contributed by atoms with Crippen molar-refractivity contribution in [2.45, 2.75) is 58.7 Å².